The number of aryl methyl sites for hydroxylation is 1. The zero-order chi connectivity index (χ0) is 19.3. The molecule has 28 heavy (non-hydrogen) atoms. The number of fused-ring (bicyclic) bond motifs is 1. The smallest absolute Gasteiger partial charge is 0.226 e. The average molecular weight is 374 g/mol. The molecule has 0 spiro atoms. The fourth-order valence-corrected chi connectivity index (χ4v) is 4.02. The van der Waals surface area contributed by atoms with Gasteiger partial charge in [0.1, 0.15) is 11.9 Å². The van der Waals surface area contributed by atoms with Gasteiger partial charge >= 0.3 is 0 Å². The molecule has 5 nitrogen and oxygen atoms in total. The van der Waals surface area contributed by atoms with Crippen molar-refractivity contribution in [2.75, 3.05) is 5.32 Å². The summed E-state index contributed by atoms with van der Waals surface area (Å²) in [6.45, 7) is 2.03. The van der Waals surface area contributed by atoms with E-state index in [-0.39, 0.29) is 11.6 Å². The molecule has 1 aromatic heterocycles. The van der Waals surface area contributed by atoms with Crippen LogP contribution in [-0.2, 0) is 4.79 Å². The number of carbonyl (C=O) groups excluding carboxylic acids is 1. The fourth-order valence-electron chi connectivity index (χ4n) is 4.02. The topological polar surface area (TPSA) is 59.8 Å². The summed E-state index contributed by atoms with van der Waals surface area (Å²) in [6, 6.07) is 13.9. The highest BCUT2D eigenvalue weighted by atomic mass is 19.1. The second kappa shape index (κ2) is 6.41. The highest BCUT2D eigenvalue weighted by molar-refractivity contribution is 5.99. The third-order valence-corrected chi connectivity index (χ3v) is 5.33. The number of rotatable bonds is 2. The molecule has 2 aromatic carbocycles. The van der Waals surface area contributed by atoms with Gasteiger partial charge in [-0.1, -0.05) is 35.9 Å². The van der Waals surface area contributed by atoms with E-state index < -0.39 is 6.04 Å². The number of halogens is 1. The van der Waals surface area contributed by atoms with Crippen molar-refractivity contribution in [3.05, 3.63) is 76.7 Å². The molecule has 6 heteroatoms. The lowest BCUT2D eigenvalue weighted by atomic mass is 9.85. The molecule has 1 aliphatic carbocycles. The lowest BCUT2D eigenvalue weighted by Crippen LogP contribution is -2.31. The maximum absolute atomic E-state index is 13.5. The summed E-state index contributed by atoms with van der Waals surface area (Å²) in [6.07, 6.45) is 2.14. The van der Waals surface area contributed by atoms with Crippen molar-refractivity contribution in [1.82, 2.24) is 14.8 Å². The Hall–Kier alpha value is -3.28. The van der Waals surface area contributed by atoms with Gasteiger partial charge in [-0.2, -0.15) is 4.98 Å². The van der Waals surface area contributed by atoms with Crippen molar-refractivity contribution in [3.8, 4) is 11.4 Å². The van der Waals surface area contributed by atoms with Gasteiger partial charge in [0.25, 0.3) is 0 Å². The summed E-state index contributed by atoms with van der Waals surface area (Å²) in [5.74, 6) is 1.02. The van der Waals surface area contributed by atoms with Crippen molar-refractivity contribution >= 4 is 11.7 Å². The molecule has 2 heterocycles. The largest absolute Gasteiger partial charge is 0.328 e. The van der Waals surface area contributed by atoms with E-state index in [1.165, 1.54) is 12.1 Å². The van der Waals surface area contributed by atoms with Gasteiger partial charge in [-0.25, -0.2) is 9.07 Å². The Labute approximate surface area is 161 Å². The average Bonchev–Trinajstić information content (AvgIpc) is 3.11. The quantitative estimate of drug-likeness (QED) is 0.722. The van der Waals surface area contributed by atoms with Gasteiger partial charge in [-0.05, 0) is 43.5 Å². The van der Waals surface area contributed by atoms with Crippen LogP contribution in [-0.4, -0.2) is 20.5 Å². The van der Waals surface area contributed by atoms with Crippen LogP contribution < -0.4 is 5.32 Å². The number of hydrogen-bond donors (Lipinski definition) is 1. The first-order chi connectivity index (χ1) is 13.6. The van der Waals surface area contributed by atoms with Gasteiger partial charge in [-0.3, -0.25) is 4.79 Å². The van der Waals surface area contributed by atoms with Crippen molar-refractivity contribution in [2.24, 2.45) is 0 Å². The Morgan fingerprint density at radius 1 is 1.14 bits per heavy atom. The SMILES string of the molecule is Cc1cccc(-c2nc3n(n2)C(c2ccc(F)cc2)C2=C(CCCC2=O)N3)c1. The summed E-state index contributed by atoms with van der Waals surface area (Å²) in [7, 11) is 0. The maximum atomic E-state index is 13.5. The lowest BCUT2D eigenvalue weighted by Gasteiger charge is -2.32. The highest BCUT2D eigenvalue weighted by Crippen LogP contribution is 2.40. The van der Waals surface area contributed by atoms with Gasteiger partial charge in [0.05, 0.1) is 0 Å². The fraction of sp³-hybridized carbons (Fsp3) is 0.227. The second-order valence-corrected chi connectivity index (χ2v) is 7.32. The van der Waals surface area contributed by atoms with Gasteiger partial charge in [0.15, 0.2) is 11.6 Å². The van der Waals surface area contributed by atoms with Gasteiger partial charge in [0, 0.05) is 23.3 Å². The van der Waals surface area contributed by atoms with E-state index in [4.69, 9.17) is 10.1 Å². The third kappa shape index (κ3) is 2.72. The first-order valence-corrected chi connectivity index (χ1v) is 9.42. The molecule has 1 atom stereocenters. The van der Waals surface area contributed by atoms with Crippen LogP contribution in [0, 0.1) is 12.7 Å². The van der Waals surface area contributed by atoms with Crippen LogP contribution in [0.3, 0.4) is 0 Å². The number of allylic oxidation sites excluding steroid dienone is 2. The zero-order valence-corrected chi connectivity index (χ0v) is 15.4. The number of hydrogen-bond acceptors (Lipinski definition) is 4. The van der Waals surface area contributed by atoms with Crippen LogP contribution in [0.15, 0.2) is 59.8 Å². The van der Waals surface area contributed by atoms with Crippen molar-refractivity contribution < 1.29 is 9.18 Å². The van der Waals surface area contributed by atoms with Crippen LogP contribution in [0.1, 0.15) is 36.4 Å². The van der Waals surface area contributed by atoms with Crippen molar-refractivity contribution in [3.63, 3.8) is 0 Å². The predicted octanol–water partition coefficient (Wildman–Crippen LogP) is 4.41. The summed E-state index contributed by atoms with van der Waals surface area (Å²) in [4.78, 5) is 17.5. The van der Waals surface area contributed by atoms with E-state index in [1.54, 1.807) is 16.8 Å². The zero-order valence-electron chi connectivity index (χ0n) is 15.4. The van der Waals surface area contributed by atoms with E-state index in [9.17, 15) is 9.18 Å². The number of nitrogens with one attached hydrogen (secondary N) is 1. The van der Waals surface area contributed by atoms with E-state index in [1.807, 2.05) is 31.2 Å². The van der Waals surface area contributed by atoms with Crippen LogP contribution >= 0.6 is 0 Å². The van der Waals surface area contributed by atoms with Crippen molar-refractivity contribution in [2.45, 2.75) is 32.2 Å². The van der Waals surface area contributed by atoms with Gasteiger partial charge in [0.2, 0.25) is 5.95 Å². The minimum absolute atomic E-state index is 0.112. The molecule has 140 valence electrons. The van der Waals surface area contributed by atoms with Crippen LogP contribution in [0.4, 0.5) is 10.3 Å². The van der Waals surface area contributed by atoms with Crippen molar-refractivity contribution in [1.29, 1.82) is 0 Å². The highest BCUT2D eigenvalue weighted by Gasteiger charge is 2.36. The number of ketones is 1. The minimum atomic E-state index is -0.397. The predicted molar refractivity (Wildman–Crippen MR) is 104 cm³/mol. The number of anilines is 1. The second-order valence-electron chi connectivity index (χ2n) is 7.32. The Balaban J connectivity index is 1.68. The molecule has 3 aromatic rings. The number of aromatic nitrogens is 3. The standard InChI is InChI=1S/C22H19FN4O/c1-13-4-2-5-15(12-13)21-25-22-24-17-6-3-7-18(28)19(17)20(27(22)26-21)14-8-10-16(23)11-9-14/h2,4-5,8-12,20H,3,6-7H2,1H3,(H,24,25,26). The molecule has 1 N–H and O–H groups in total. The van der Waals surface area contributed by atoms with E-state index >= 15 is 0 Å². The Morgan fingerprint density at radius 3 is 2.75 bits per heavy atom. The number of carbonyl (C=O) groups is 1. The molecule has 0 radical (unpaired) electrons. The lowest BCUT2D eigenvalue weighted by molar-refractivity contribution is -0.116. The molecule has 5 rings (SSSR count). The molecular weight excluding hydrogens is 355 g/mol. The molecule has 1 aliphatic heterocycles. The minimum Gasteiger partial charge on any atom is -0.328 e. The van der Waals surface area contributed by atoms with Crippen LogP contribution in [0.5, 0.6) is 0 Å². The first kappa shape index (κ1) is 16.9. The number of benzene rings is 2. The van der Waals surface area contributed by atoms with Crippen LogP contribution in [0.2, 0.25) is 0 Å². The Bertz CT molecular complexity index is 1110. The molecule has 0 amide bonds. The molecule has 0 fully saturated rings. The summed E-state index contributed by atoms with van der Waals surface area (Å²) in [5.41, 5.74) is 4.49. The van der Waals surface area contributed by atoms with E-state index in [0.717, 1.165) is 35.2 Å². The molecule has 0 saturated carbocycles. The Kier molecular flexibility index (Phi) is 3.86. The van der Waals surface area contributed by atoms with E-state index in [0.29, 0.717) is 23.8 Å². The summed E-state index contributed by atoms with van der Waals surface area (Å²) < 4.78 is 15.3. The molecule has 0 bridgehead atoms. The number of nitrogens with zero attached hydrogens (tertiary/aromatic N) is 3. The molecular formula is C22H19FN4O. The first-order valence-electron chi connectivity index (χ1n) is 9.42. The number of Topliss-reactive ketones (excluding diaryl/α,β-unsaturated/α-hetero) is 1. The molecule has 0 saturated heterocycles. The normalized spacial score (nSPS) is 18.5. The van der Waals surface area contributed by atoms with Gasteiger partial charge < -0.3 is 5.32 Å². The maximum Gasteiger partial charge on any atom is 0.226 e. The Morgan fingerprint density at radius 2 is 1.96 bits per heavy atom. The third-order valence-electron chi connectivity index (χ3n) is 5.33. The summed E-state index contributed by atoms with van der Waals surface area (Å²) >= 11 is 0. The monoisotopic (exact) mass is 374 g/mol. The summed E-state index contributed by atoms with van der Waals surface area (Å²) in [5, 5.41) is 8.05. The van der Waals surface area contributed by atoms with Gasteiger partial charge in [-0.15, -0.1) is 5.10 Å². The van der Waals surface area contributed by atoms with E-state index in [2.05, 4.69) is 5.32 Å². The molecule has 2 aliphatic rings. The van der Waals surface area contributed by atoms with Crippen LogP contribution in [0.25, 0.3) is 11.4 Å². The molecule has 1 unspecified atom stereocenters.